The van der Waals surface area contributed by atoms with Crippen LogP contribution in [-0.4, -0.2) is 37.2 Å². The van der Waals surface area contributed by atoms with Gasteiger partial charge in [0.05, 0.1) is 0 Å². The second-order valence-electron chi connectivity index (χ2n) is 18.1. The van der Waals surface area contributed by atoms with Crippen molar-refractivity contribution in [3.63, 3.8) is 0 Å². The van der Waals surface area contributed by atoms with Crippen molar-refractivity contribution < 1.29 is 28.6 Å². The molecule has 0 saturated carbocycles. The summed E-state index contributed by atoms with van der Waals surface area (Å²) < 4.78 is 16.8. The molecule has 6 nitrogen and oxygen atoms in total. The van der Waals surface area contributed by atoms with Gasteiger partial charge in [0.1, 0.15) is 13.2 Å². The van der Waals surface area contributed by atoms with Crippen molar-refractivity contribution in [2.75, 3.05) is 13.2 Å². The lowest BCUT2D eigenvalue weighted by molar-refractivity contribution is -0.167. The highest BCUT2D eigenvalue weighted by Crippen LogP contribution is 2.17. The Morgan fingerprint density at radius 1 is 0.339 bits per heavy atom. The molecule has 0 radical (unpaired) electrons. The average molecular weight is 793 g/mol. The number of carbonyl (C=O) groups excluding carboxylic acids is 3. The quantitative estimate of drug-likeness (QED) is 0.0347. The van der Waals surface area contributed by atoms with Crippen LogP contribution in [0.4, 0.5) is 0 Å². The van der Waals surface area contributed by atoms with Gasteiger partial charge in [0.2, 0.25) is 0 Å². The molecule has 6 heteroatoms. The highest BCUT2D eigenvalue weighted by atomic mass is 16.6. The van der Waals surface area contributed by atoms with E-state index in [-0.39, 0.29) is 31.1 Å². The minimum Gasteiger partial charge on any atom is -0.462 e. The maximum Gasteiger partial charge on any atom is 0.306 e. The molecule has 0 amide bonds. The minimum absolute atomic E-state index is 0.0645. The SMILES string of the molecule is CCCCCCCCCCCCCCCCC(=O)OC[C@@H](COC(=O)CCCCCCCCCCCCC(C)C)OC(=O)CCCCCCCCCCC(C)C. The zero-order valence-electron chi connectivity index (χ0n) is 38.3. The Morgan fingerprint density at radius 2 is 0.589 bits per heavy atom. The fourth-order valence-corrected chi connectivity index (χ4v) is 7.46. The van der Waals surface area contributed by atoms with Crippen molar-refractivity contribution in [1.82, 2.24) is 0 Å². The molecule has 0 aromatic rings. The summed E-state index contributed by atoms with van der Waals surface area (Å²) >= 11 is 0. The van der Waals surface area contributed by atoms with Crippen LogP contribution in [0.15, 0.2) is 0 Å². The second-order valence-corrected chi connectivity index (χ2v) is 18.1. The number of esters is 3. The summed E-state index contributed by atoms with van der Waals surface area (Å²) in [6.07, 6.45) is 42.3. The van der Waals surface area contributed by atoms with E-state index in [9.17, 15) is 14.4 Å². The van der Waals surface area contributed by atoms with Crippen LogP contribution in [0.2, 0.25) is 0 Å². The van der Waals surface area contributed by atoms with Gasteiger partial charge in [-0.15, -0.1) is 0 Å². The molecule has 0 unspecified atom stereocenters. The lowest BCUT2D eigenvalue weighted by Crippen LogP contribution is -2.30. The summed E-state index contributed by atoms with van der Waals surface area (Å²) in [5.74, 6) is 0.758. The Bertz CT molecular complexity index is 854. The van der Waals surface area contributed by atoms with Gasteiger partial charge in [-0.1, -0.05) is 234 Å². The lowest BCUT2D eigenvalue weighted by atomic mass is 10.0. The fourth-order valence-electron chi connectivity index (χ4n) is 7.46. The van der Waals surface area contributed by atoms with Crippen LogP contribution in [0, 0.1) is 11.8 Å². The van der Waals surface area contributed by atoms with E-state index in [1.54, 1.807) is 0 Å². The van der Waals surface area contributed by atoms with Crippen LogP contribution in [0.3, 0.4) is 0 Å². The smallest absolute Gasteiger partial charge is 0.306 e. The molecule has 0 bridgehead atoms. The number of unbranched alkanes of at least 4 members (excludes halogenated alkanes) is 29. The second kappa shape index (κ2) is 43.0. The van der Waals surface area contributed by atoms with E-state index in [0.717, 1.165) is 69.6 Å². The van der Waals surface area contributed by atoms with Gasteiger partial charge >= 0.3 is 17.9 Å². The molecule has 332 valence electrons. The standard InChI is InChI=1S/C50H96O6/c1-6-7-8-9-10-11-12-13-14-15-19-25-30-35-40-48(51)54-43-47(56-50(53)42-37-32-27-22-21-24-29-34-39-46(4)5)44-55-49(52)41-36-31-26-20-17-16-18-23-28-33-38-45(2)3/h45-47H,6-44H2,1-5H3/t47-/m0/s1. The van der Waals surface area contributed by atoms with E-state index < -0.39 is 6.10 Å². The lowest BCUT2D eigenvalue weighted by Gasteiger charge is -2.18. The van der Waals surface area contributed by atoms with Crippen molar-refractivity contribution in [2.24, 2.45) is 11.8 Å². The third-order valence-corrected chi connectivity index (χ3v) is 11.2. The molecular formula is C50H96O6. The molecular weight excluding hydrogens is 697 g/mol. The van der Waals surface area contributed by atoms with Crippen LogP contribution in [-0.2, 0) is 28.6 Å². The van der Waals surface area contributed by atoms with E-state index in [2.05, 4.69) is 34.6 Å². The van der Waals surface area contributed by atoms with Gasteiger partial charge < -0.3 is 14.2 Å². The molecule has 0 aromatic heterocycles. The number of rotatable bonds is 44. The molecule has 0 N–H and O–H groups in total. The topological polar surface area (TPSA) is 78.9 Å². The molecule has 0 saturated heterocycles. The van der Waals surface area contributed by atoms with Crippen LogP contribution in [0.1, 0.15) is 272 Å². The Hall–Kier alpha value is -1.59. The van der Waals surface area contributed by atoms with Gasteiger partial charge in [-0.3, -0.25) is 14.4 Å². The number of hydrogen-bond acceptors (Lipinski definition) is 6. The molecule has 0 aliphatic carbocycles. The highest BCUT2D eigenvalue weighted by Gasteiger charge is 2.19. The molecule has 0 aliphatic heterocycles. The summed E-state index contributed by atoms with van der Waals surface area (Å²) in [7, 11) is 0. The van der Waals surface area contributed by atoms with Gasteiger partial charge in [-0.2, -0.15) is 0 Å². The first kappa shape index (κ1) is 54.4. The Kier molecular flexibility index (Phi) is 41.8. The first-order valence-corrected chi connectivity index (χ1v) is 24.7. The van der Waals surface area contributed by atoms with Crippen molar-refractivity contribution in [3.05, 3.63) is 0 Å². The summed E-state index contributed by atoms with van der Waals surface area (Å²) in [5.41, 5.74) is 0. The number of carbonyl (C=O) groups is 3. The predicted molar refractivity (Wildman–Crippen MR) is 238 cm³/mol. The third-order valence-electron chi connectivity index (χ3n) is 11.2. The largest absolute Gasteiger partial charge is 0.462 e. The maximum atomic E-state index is 12.7. The molecule has 0 spiro atoms. The van der Waals surface area contributed by atoms with Gasteiger partial charge in [0.15, 0.2) is 6.10 Å². The van der Waals surface area contributed by atoms with Gasteiger partial charge in [-0.25, -0.2) is 0 Å². The van der Waals surface area contributed by atoms with Crippen molar-refractivity contribution >= 4 is 17.9 Å². The summed E-state index contributed by atoms with van der Waals surface area (Å²) in [4.78, 5) is 37.8. The van der Waals surface area contributed by atoms with Gasteiger partial charge in [0.25, 0.3) is 0 Å². The molecule has 0 aromatic carbocycles. The third kappa shape index (κ3) is 43.5. The summed E-state index contributed by atoms with van der Waals surface area (Å²) in [6, 6.07) is 0. The van der Waals surface area contributed by atoms with E-state index in [0.29, 0.717) is 19.3 Å². The average Bonchev–Trinajstić information content (AvgIpc) is 3.16. The zero-order valence-corrected chi connectivity index (χ0v) is 38.3. The summed E-state index contributed by atoms with van der Waals surface area (Å²) in [5, 5.41) is 0. The van der Waals surface area contributed by atoms with Crippen LogP contribution < -0.4 is 0 Å². The fraction of sp³-hybridized carbons (Fsp3) is 0.940. The molecule has 56 heavy (non-hydrogen) atoms. The Morgan fingerprint density at radius 3 is 0.875 bits per heavy atom. The molecule has 0 rings (SSSR count). The first-order chi connectivity index (χ1) is 27.2. The molecule has 0 fully saturated rings. The first-order valence-electron chi connectivity index (χ1n) is 24.7. The van der Waals surface area contributed by atoms with E-state index in [4.69, 9.17) is 14.2 Å². The normalized spacial score (nSPS) is 12.1. The van der Waals surface area contributed by atoms with Crippen LogP contribution in [0.25, 0.3) is 0 Å². The highest BCUT2D eigenvalue weighted by molar-refractivity contribution is 5.71. The molecule has 0 heterocycles. The maximum absolute atomic E-state index is 12.7. The van der Waals surface area contributed by atoms with Crippen molar-refractivity contribution in [1.29, 1.82) is 0 Å². The van der Waals surface area contributed by atoms with E-state index >= 15 is 0 Å². The van der Waals surface area contributed by atoms with E-state index in [1.807, 2.05) is 0 Å². The Balaban J connectivity index is 4.31. The molecule has 1 atom stereocenters. The predicted octanol–water partition coefficient (Wildman–Crippen LogP) is 15.8. The number of hydrogen-bond donors (Lipinski definition) is 0. The Labute approximate surface area is 348 Å². The molecule has 0 aliphatic rings. The van der Waals surface area contributed by atoms with Crippen LogP contribution in [0.5, 0.6) is 0 Å². The van der Waals surface area contributed by atoms with Crippen molar-refractivity contribution in [2.45, 2.75) is 278 Å². The van der Waals surface area contributed by atoms with Crippen molar-refractivity contribution in [3.8, 4) is 0 Å². The van der Waals surface area contributed by atoms with Gasteiger partial charge in [-0.05, 0) is 31.1 Å². The summed E-state index contributed by atoms with van der Waals surface area (Å²) in [6.45, 7) is 11.3. The van der Waals surface area contributed by atoms with Gasteiger partial charge in [0, 0.05) is 19.3 Å². The monoisotopic (exact) mass is 793 g/mol. The zero-order chi connectivity index (χ0) is 41.2. The van der Waals surface area contributed by atoms with Crippen LogP contribution >= 0.6 is 0 Å². The number of ether oxygens (including phenoxy) is 3. The minimum atomic E-state index is -0.761. The van der Waals surface area contributed by atoms with E-state index in [1.165, 1.54) is 161 Å².